The van der Waals surface area contributed by atoms with E-state index in [0.29, 0.717) is 30.8 Å². The van der Waals surface area contributed by atoms with Crippen molar-refractivity contribution < 1.29 is 18.0 Å². The maximum absolute atomic E-state index is 13.1. The van der Waals surface area contributed by atoms with E-state index < -0.39 is 16.1 Å². The van der Waals surface area contributed by atoms with Gasteiger partial charge in [0.05, 0.1) is 9.77 Å². The molecule has 1 saturated heterocycles. The number of carbonyl (C=O) groups is 2. The van der Waals surface area contributed by atoms with Crippen LogP contribution in [0, 0.1) is 18.8 Å². The number of benzene rings is 1. The summed E-state index contributed by atoms with van der Waals surface area (Å²) in [6.45, 7) is 8.52. The van der Waals surface area contributed by atoms with Crippen LogP contribution < -0.4 is 10.6 Å². The van der Waals surface area contributed by atoms with Crippen molar-refractivity contribution >= 4 is 33.2 Å². The van der Waals surface area contributed by atoms with Crippen LogP contribution in [0.5, 0.6) is 0 Å². The van der Waals surface area contributed by atoms with Gasteiger partial charge in [-0.25, -0.2) is 8.42 Å². The molecule has 0 radical (unpaired) electrons. The topological polar surface area (TPSA) is 95.6 Å². The van der Waals surface area contributed by atoms with Gasteiger partial charge < -0.3 is 10.6 Å². The molecule has 3 rings (SSSR count). The molecule has 7 nitrogen and oxygen atoms in total. The SMILES string of the molecule is Cc1ccc(S(=O)(=O)N2CCC([C@H](NC(=O)c3cccs3)C(=O)N[C@@H](C)C(C)C)CC2)cc1. The normalized spacial score (nSPS) is 17.5. The van der Waals surface area contributed by atoms with Crippen molar-refractivity contribution in [1.29, 1.82) is 0 Å². The van der Waals surface area contributed by atoms with Crippen LogP contribution in [-0.4, -0.2) is 49.7 Å². The highest BCUT2D eigenvalue weighted by Gasteiger charge is 2.37. The summed E-state index contributed by atoms with van der Waals surface area (Å²) in [5.41, 5.74) is 0.999. The van der Waals surface area contributed by atoms with Gasteiger partial charge in [-0.05, 0) is 62.1 Å². The highest BCUT2D eigenvalue weighted by atomic mass is 32.2. The number of hydrogen-bond donors (Lipinski definition) is 2. The Morgan fingerprint density at radius 2 is 1.67 bits per heavy atom. The van der Waals surface area contributed by atoms with Crippen LogP contribution >= 0.6 is 11.3 Å². The molecule has 2 aromatic rings. The molecular weight excluding hydrogens is 458 g/mol. The van der Waals surface area contributed by atoms with E-state index in [1.807, 2.05) is 33.1 Å². The molecule has 0 saturated carbocycles. The van der Waals surface area contributed by atoms with Gasteiger partial charge in [0.15, 0.2) is 0 Å². The molecule has 0 spiro atoms. The number of amides is 2. The summed E-state index contributed by atoms with van der Waals surface area (Å²) in [5.74, 6) is -0.403. The van der Waals surface area contributed by atoms with Gasteiger partial charge >= 0.3 is 0 Å². The summed E-state index contributed by atoms with van der Waals surface area (Å²) in [5, 5.41) is 7.75. The lowest BCUT2D eigenvalue weighted by Crippen LogP contribution is -2.55. The average Bonchev–Trinajstić information content (AvgIpc) is 3.32. The molecule has 0 bridgehead atoms. The van der Waals surface area contributed by atoms with Crippen molar-refractivity contribution in [2.24, 2.45) is 11.8 Å². The molecule has 2 amide bonds. The Bertz CT molecular complexity index is 1040. The minimum atomic E-state index is -3.59. The van der Waals surface area contributed by atoms with Crippen molar-refractivity contribution in [2.45, 2.75) is 57.5 Å². The Morgan fingerprint density at radius 1 is 1.03 bits per heavy atom. The second-order valence-electron chi connectivity index (χ2n) is 9.02. The minimum Gasteiger partial charge on any atom is -0.352 e. The fourth-order valence-electron chi connectivity index (χ4n) is 3.81. The average molecular weight is 492 g/mol. The molecule has 1 aliphatic heterocycles. The van der Waals surface area contributed by atoms with E-state index in [-0.39, 0.29) is 34.6 Å². The number of carbonyl (C=O) groups excluding carboxylic acids is 2. The maximum atomic E-state index is 13.1. The predicted molar refractivity (Wildman–Crippen MR) is 131 cm³/mol. The monoisotopic (exact) mass is 491 g/mol. The fourth-order valence-corrected chi connectivity index (χ4v) is 5.90. The highest BCUT2D eigenvalue weighted by Crippen LogP contribution is 2.27. The molecule has 9 heteroatoms. The van der Waals surface area contributed by atoms with Gasteiger partial charge in [0.2, 0.25) is 15.9 Å². The van der Waals surface area contributed by atoms with E-state index in [1.165, 1.54) is 15.6 Å². The number of nitrogens with zero attached hydrogens (tertiary/aromatic N) is 1. The molecule has 1 aromatic carbocycles. The lowest BCUT2D eigenvalue weighted by molar-refractivity contribution is -0.125. The van der Waals surface area contributed by atoms with Crippen LogP contribution in [0.15, 0.2) is 46.7 Å². The van der Waals surface area contributed by atoms with Crippen molar-refractivity contribution in [3.8, 4) is 0 Å². The Kier molecular flexibility index (Phi) is 8.31. The third-order valence-corrected chi connectivity index (χ3v) is 9.09. The van der Waals surface area contributed by atoms with Gasteiger partial charge in [-0.3, -0.25) is 9.59 Å². The molecular formula is C24H33N3O4S2. The smallest absolute Gasteiger partial charge is 0.262 e. The first-order chi connectivity index (χ1) is 15.6. The number of thiophene rings is 1. The largest absolute Gasteiger partial charge is 0.352 e. The molecule has 0 unspecified atom stereocenters. The van der Waals surface area contributed by atoms with E-state index in [2.05, 4.69) is 10.6 Å². The van der Waals surface area contributed by atoms with Gasteiger partial charge in [0, 0.05) is 19.1 Å². The molecule has 180 valence electrons. The first kappa shape index (κ1) is 25.4. The molecule has 2 atom stereocenters. The van der Waals surface area contributed by atoms with Gasteiger partial charge in [-0.2, -0.15) is 4.31 Å². The first-order valence-electron chi connectivity index (χ1n) is 11.3. The summed E-state index contributed by atoms with van der Waals surface area (Å²) >= 11 is 1.32. The van der Waals surface area contributed by atoms with E-state index in [1.54, 1.807) is 36.4 Å². The zero-order chi connectivity index (χ0) is 24.2. The van der Waals surface area contributed by atoms with E-state index >= 15 is 0 Å². The zero-order valence-electron chi connectivity index (χ0n) is 19.6. The van der Waals surface area contributed by atoms with Crippen LogP contribution in [0.1, 0.15) is 48.8 Å². The third kappa shape index (κ3) is 6.22. The van der Waals surface area contributed by atoms with Gasteiger partial charge in [-0.15, -0.1) is 11.3 Å². The summed E-state index contributed by atoms with van der Waals surface area (Å²) < 4.78 is 27.6. The van der Waals surface area contributed by atoms with Gasteiger partial charge in [0.25, 0.3) is 5.91 Å². The quantitative estimate of drug-likeness (QED) is 0.592. The second-order valence-corrected chi connectivity index (χ2v) is 11.9. The Morgan fingerprint density at radius 3 is 2.21 bits per heavy atom. The minimum absolute atomic E-state index is 0.0411. The summed E-state index contributed by atoms with van der Waals surface area (Å²) in [7, 11) is -3.59. The maximum Gasteiger partial charge on any atom is 0.262 e. The molecule has 0 aliphatic carbocycles. The van der Waals surface area contributed by atoms with Crippen molar-refractivity contribution in [3.05, 3.63) is 52.2 Å². The van der Waals surface area contributed by atoms with Crippen LogP contribution in [0.2, 0.25) is 0 Å². The predicted octanol–water partition coefficient (Wildman–Crippen LogP) is 3.42. The Hall–Kier alpha value is -2.23. The standard InChI is InChI=1S/C24H33N3O4S2/c1-16(2)18(4)25-24(29)22(26-23(28)21-6-5-15-32-21)19-11-13-27(14-12-19)33(30,31)20-9-7-17(3)8-10-20/h5-10,15-16,18-19,22H,11-14H2,1-4H3,(H,25,29)(H,26,28)/t18-,22-/m0/s1. The number of aryl methyl sites for hydroxylation is 1. The summed E-state index contributed by atoms with van der Waals surface area (Å²) in [6, 6.07) is 9.59. The first-order valence-corrected chi connectivity index (χ1v) is 13.6. The molecule has 2 N–H and O–H groups in total. The van der Waals surface area contributed by atoms with Gasteiger partial charge in [0.1, 0.15) is 6.04 Å². The van der Waals surface area contributed by atoms with Crippen molar-refractivity contribution in [3.63, 3.8) is 0 Å². The number of rotatable bonds is 8. The fraction of sp³-hybridized carbons (Fsp3) is 0.500. The van der Waals surface area contributed by atoms with E-state index in [4.69, 9.17) is 0 Å². The highest BCUT2D eigenvalue weighted by molar-refractivity contribution is 7.89. The van der Waals surface area contributed by atoms with Crippen LogP contribution in [0.4, 0.5) is 0 Å². The second kappa shape index (κ2) is 10.8. The van der Waals surface area contributed by atoms with Crippen LogP contribution in [0.25, 0.3) is 0 Å². The van der Waals surface area contributed by atoms with E-state index in [9.17, 15) is 18.0 Å². The summed E-state index contributed by atoms with van der Waals surface area (Å²) in [4.78, 5) is 26.7. The van der Waals surface area contributed by atoms with Crippen molar-refractivity contribution in [2.75, 3.05) is 13.1 Å². The Labute approximate surface area is 200 Å². The van der Waals surface area contributed by atoms with E-state index in [0.717, 1.165) is 5.56 Å². The number of sulfonamides is 1. The molecule has 1 aliphatic rings. The Balaban J connectivity index is 1.72. The summed E-state index contributed by atoms with van der Waals surface area (Å²) in [6.07, 6.45) is 0.980. The number of piperidine rings is 1. The lowest BCUT2D eigenvalue weighted by Gasteiger charge is -2.35. The molecule has 2 heterocycles. The molecule has 1 aromatic heterocycles. The third-order valence-electron chi connectivity index (χ3n) is 6.31. The van der Waals surface area contributed by atoms with Crippen LogP contribution in [0.3, 0.4) is 0 Å². The van der Waals surface area contributed by atoms with Crippen molar-refractivity contribution in [1.82, 2.24) is 14.9 Å². The molecule has 1 fully saturated rings. The molecule has 33 heavy (non-hydrogen) atoms. The number of hydrogen-bond acceptors (Lipinski definition) is 5. The zero-order valence-corrected chi connectivity index (χ0v) is 21.2. The van der Waals surface area contributed by atoms with Gasteiger partial charge in [-0.1, -0.05) is 37.6 Å². The number of nitrogens with one attached hydrogen (secondary N) is 2. The lowest BCUT2D eigenvalue weighted by atomic mass is 9.89. The van der Waals surface area contributed by atoms with Crippen LogP contribution in [-0.2, 0) is 14.8 Å².